The first kappa shape index (κ1) is 14.1. The first-order chi connectivity index (χ1) is 9.15. The van der Waals surface area contributed by atoms with Crippen LogP contribution in [0.5, 0.6) is 0 Å². The topological polar surface area (TPSA) is 61.0 Å². The van der Waals surface area contributed by atoms with E-state index >= 15 is 0 Å². The summed E-state index contributed by atoms with van der Waals surface area (Å²) >= 11 is 0. The molecule has 1 fully saturated rings. The van der Waals surface area contributed by atoms with Crippen LogP contribution in [-0.4, -0.2) is 39.9 Å². The summed E-state index contributed by atoms with van der Waals surface area (Å²) < 4.78 is 0. The van der Waals surface area contributed by atoms with Gasteiger partial charge in [-0.3, -0.25) is 4.79 Å². The summed E-state index contributed by atoms with van der Waals surface area (Å²) in [7, 11) is 0. The molecule has 5 heteroatoms. The molecular formula is C14H24N4O. The van der Waals surface area contributed by atoms with E-state index in [1.54, 1.807) is 6.20 Å². The molecule has 2 N–H and O–H groups in total. The van der Waals surface area contributed by atoms with Crippen LogP contribution in [0, 0.1) is 6.92 Å². The van der Waals surface area contributed by atoms with Crippen LogP contribution in [0.25, 0.3) is 0 Å². The minimum absolute atomic E-state index is 0.111. The number of imidazole rings is 1. The van der Waals surface area contributed by atoms with E-state index in [2.05, 4.69) is 27.1 Å². The van der Waals surface area contributed by atoms with Crippen LogP contribution in [0.1, 0.15) is 44.1 Å². The number of amides is 1. The minimum Gasteiger partial charge on any atom is -0.349 e. The normalized spacial score (nSPS) is 17.6. The van der Waals surface area contributed by atoms with Gasteiger partial charge in [0.05, 0.1) is 6.54 Å². The van der Waals surface area contributed by atoms with Crippen molar-refractivity contribution >= 4 is 5.91 Å². The van der Waals surface area contributed by atoms with Gasteiger partial charge in [0.2, 0.25) is 5.91 Å². The fraction of sp³-hybridized carbons (Fsp3) is 0.714. The van der Waals surface area contributed by atoms with E-state index in [1.807, 2.05) is 6.92 Å². The van der Waals surface area contributed by atoms with Crippen LogP contribution >= 0.6 is 0 Å². The number of H-pyrrole nitrogens is 1. The molecule has 0 aliphatic carbocycles. The third-order valence-corrected chi connectivity index (χ3v) is 3.76. The molecule has 1 aliphatic heterocycles. The highest BCUT2D eigenvalue weighted by Gasteiger charge is 2.18. The Labute approximate surface area is 114 Å². The van der Waals surface area contributed by atoms with Gasteiger partial charge >= 0.3 is 0 Å². The number of nitrogens with zero attached hydrogens (tertiary/aromatic N) is 2. The van der Waals surface area contributed by atoms with Crippen molar-refractivity contribution in [2.24, 2.45) is 0 Å². The molecule has 1 atom stereocenters. The average Bonchev–Trinajstić information content (AvgIpc) is 3.04. The number of nitrogens with one attached hydrogen (secondary N) is 2. The molecule has 0 bridgehead atoms. The lowest BCUT2D eigenvalue weighted by atomic mass is 10.1. The Hall–Kier alpha value is -1.36. The van der Waals surface area contributed by atoms with Crippen molar-refractivity contribution < 1.29 is 4.79 Å². The lowest BCUT2D eigenvalue weighted by molar-refractivity contribution is -0.121. The fourth-order valence-corrected chi connectivity index (χ4v) is 2.53. The van der Waals surface area contributed by atoms with Gasteiger partial charge in [-0.15, -0.1) is 0 Å². The zero-order chi connectivity index (χ0) is 13.7. The van der Waals surface area contributed by atoms with Gasteiger partial charge < -0.3 is 15.2 Å². The smallest absolute Gasteiger partial charge is 0.220 e. The first-order valence-electron chi connectivity index (χ1n) is 7.16. The summed E-state index contributed by atoms with van der Waals surface area (Å²) in [6, 6.07) is 0.513. The maximum Gasteiger partial charge on any atom is 0.220 e. The average molecular weight is 264 g/mol. The molecule has 1 amide bonds. The maximum absolute atomic E-state index is 11.8. The van der Waals surface area contributed by atoms with E-state index < -0.39 is 0 Å². The van der Waals surface area contributed by atoms with Crippen LogP contribution in [0.2, 0.25) is 0 Å². The van der Waals surface area contributed by atoms with Crippen molar-refractivity contribution in [3.8, 4) is 0 Å². The Morgan fingerprint density at radius 1 is 1.53 bits per heavy atom. The number of carbonyl (C=O) groups is 1. The number of hydrogen-bond acceptors (Lipinski definition) is 3. The van der Waals surface area contributed by atoms with Gasteiger partial charge in [-0.05, 0) is 46.2 Å². The molecule has 0 aromatic carbocycles. The molecular weight excluding hydrogens is 240 g/mol. The summed E-state index contributed by atoms with van der Waals surface area (Å²) in [5.74, 6) is 0.929. The molecule has 2 heterocycles. The number of hydrogen-bond donors (Lipinski definition) is 2. The van der Waals surface area contributed by atoms with Crippen LogP contribution in [0.15, 0.2) is 6.20 Å². The molecule has 0 saturated carbocycles. The van der Waals surface area contributed by atoms with Crippen LogP contribution in [-0.2, 0) is 11.3 Å². The zero-order valence-corrected chi connectivity index (χ0v) is 11.9. The lowest BCUT2D eigenvalue weighted by Gasteiger charge is -2.23. The third kappa shape index (κ3) is 4.35. The standard InChI is InChI=1S/C14H24N4O/c1-11-9-15-13(17-11)10-16-14(19)6-5-12(2)18-7-3-4-8-18/h9,12H,3-8,10H2,1-2H3,(H,15,17)(H,16,19)/t12-/m1/s1. The summed E-state index contributed by atoms with van der Waals surface area (Å²) in [4.78, 5) is 21.5. The Bertz CT molecular complexity index is 409. The SMILES string of the molecule is Cc1cnc(CNC(=O)CC[C@@H](C)N2CCCC2)[nH]1. The minimum atomic E-state index is 0.111. The monoisotopic (exact) mass is 264 g/mol. The predicted octanol–water partition coefficient (Wildman–Crippen LogP) is 1.60. The highest BCUT2D eigenvalue weighted by Crippen LogP contribution is 2.14. The Morgan fingerprint density at radius 3 is 2.89 bits per heavy atom. The molecule has 5 nitrogen and oxygen atoms in total. The Balaban J connectivity index is 1.64. The van der Waals surface area contributed by atoms with Crippen molar-refractivity contribution in [1.29, 1.82) is 0 Å². The Morgan fingerprint density at radius 2 is 2.26 bits per heavy atom. The van der Waals surface area contributed by atoms with E-state index in [-0.39, 0.29) is 5.91 Å². The molecule has 106 valence electrons. The summed E-state index contributed by atoms with van der Waals surface area (Å²) in [6.45, 7) is 7.04. The van der Waals surface area contributed by atoms with E-state index in [0.717, 1.165) is 17.9 Å². The molecule has 1 aromatic heterocycles. The predicted molar refractivity (Wildman–Crippen MR) is 74.7 cm³/mol. The van der Waals surface area contributed by atoms with E-state index in [4.69, 9.17) is 0 Å². The number of carbonyl (C=O) groups excluding carboxylic acids is 1. The largest absolute Gasteiger partial charge is 0.349 e. The molecule has 1 aliphatic rings. The van der Waals surface area contributed by atoms with Crippen molar-refractivity contribution in [2.45, 2.75) is 52.1 Å². The molecule has 2 rings (SSSR count). The fourth-order valence-electron chi connectivity index (χ4n) is 2.53. The molecule has 19 heavy (non-hydrogen) atoms. The van der Waals surface area contributed by atoms with E-state index in [1.165, 1.54) is 25.9 Å². The maximum atomic E-state index is 11.8. The van der Waals surface area contributed by atoms with Gasteiger partial charge in [0.15, 0.2) is 0 Å². The highest BCUT2D eigenvalue weighted by atomic mass is 16.1. The van der Waals surface area contributed by atoms with Crippen molar-refractivity contribution in [2.75, 3.05) is 13.1 Å². The zero-order valence-electron chi connectivity index (χ0n) is 11.9. The summed E-state index contributed by atoms with van der Waals surface area (Å²) in [5, 5.41) is 2.91. The second kappa shape index (κ2) is 6.70. The van der Waals surface area contributed by atoms with Gasteiger partial charge in [0.25, 0.3) is 0 Å². The van der Waals surface area contributed by atoms with E-state index in [0.29, 0.717) is 19.0 Å². The third-order valence-electron chi connectivity index (χ3n) is 3.76. The molecule has 0 radical (unpaired) electrons. The quantitative estimate of drug-likeness (QED) is 0.820. The highest BCUT2D eigenvalue weighted by molar-refractivity contribution is 5.75. The van der Waals surface area contributed by atoms with Gasteiger partial charge in [-0.1, -0.05) is 0 Å². The number of aromatic amines is 1. The van der Waals surface area contributed by atoms with E-state index in [9.17, 15) is 4.79 Å². The van der Waals surface area contributed by atoms with Crippen LogP contribution < -0.4 is 5.32 Å². The van der Waals surface area contributed by atoms with Gasteiger partial charge in [-0.2, -0.15) is 0 Å². The van der Waals surface area contributed by atoms with Crippen molar-refractivity contribution in [3.63, 3.8) is 0 Å². The Kier molecular flexibility index (Phi) is 4.96. The van der Waals surface area contributed by atoms with Crippen LogP contribution in [0.4, 0.5) is 0 Å². The molecule has 0 spiro atoms. The summed E-state index contributed by atoms with van der Waals surface area (Å²) in [6.07, 6.45) is 5.90. The first-order valence-corrected chi connectivity index (χ1v) is 7.16. The lowest BCUT2D eigenvalue weighted by Crippen LogP contribution is -2.32. The molecule has 1 saturated heterocycles. The molecule has 0 unspecified atom stereocenters. The van der Waals surface area contributed by atoms with Gasteiger partial charge in [0.1, 0.15) is 5.82 Å². The second-order valence-electron chi connectivity index (χ2n) is 5.42. The summed E-state index contributed by atoms with van der Waals surface area (Å²) in [5.41, 5.74) is 1.02. The number of aryl methyl sites for hydroxylation is 1. The van der Waals surface area contributed by atoms with Crippen molar-refractivity contribution in [1.82, 2.24) is 20.2 Å². The number of likely N-dealkylation sites (tertiary alicyclic amines) is 1. The van der Waals surface area contributed by atoms with Crippen LogP contribution in [0.3, 0.4) is 0 Å². The molecule has 1 aromatic rings. The van der Waals surface area contributed by atoms with Crippen molar-refractivity contribution in [3.05, 3.63) is 17.7 Å². The second-order valence-corrected chi connectivity index (χ2v) is 5.42. The van der Waals surface area contributed by atoms with Gasteiger partial charge in [-0.25, -0.2) is 4.98 Å². The van der Waals surface area contributed by atoms with Gasteiger partial charge in [0, 0.05) is 24.4 Å². The number of aromatic nitrogens is 2. The number of rotatable bonds is 6.